The summed E-state index contributed by atoms with van der Waals surface area (Å²) in [4.78, 5) is 23.4. The van der Waals surface area contributed by atoms with Crippen LogP contribution in [0.25, 0.3) is 0 Å². The molecule has 0 spiro atoms. The highest BCUT2D eigenvalue weighted by atomic mass is 16.5. The molecule has 0 bridgehead atoms. The van der Waals surface area contributed by atoms with E-state index < -0.39 is 11.6 Å². The van der Waals surface area contributed by atoms with Crippen molar-refractivity contribution in [2.75, 3.05) is 12.4 Å². The minimum absolute atomic E-state index is 0.165. The number of esters is 1. The fraction of sp³-hybridized carbons (Fsp3) is 0.471. The average molecular weight is 318 g/mol. The standard InChI is InChI=1S/C17H22N2O4/c1-5-6-9-17(3,22-4)16(21)19-14-7-8-15(23-12(2)20)13(10-14)11-18/h7-8,10H,5-6,9H2,1-4H3,(H,19,21)/t17-/m0/s1. The second-order valence-corrected chi connectivity index (χ2v) is 5.41. The Morgan fingerprint density at radius 3 is 2.61 bits per heavy atom. The molecule has 23 heavy (non-hydrogen) atoms. The van der Waals surface area contributed by atoms with Crippen LogP contribution in [0.15, 0.2) is 18.2 Å². The number of hydrogen-bond donors (Lipinski definition) is 1. The van der Waals surface area contributed by atoms with Gasteiger partial charge in [0, 0.05) is 19.7 Å². The number of nitrogens with one attached hydrogen (secondary N) is 1. The molecule has 0 aliphatic rings. The number of rotatable bonds is 7. The molecule has 0 unspecified atom stereocenters. The van der Waals surface area contributed by atoms with Gasteiger partial charge >= 0.3 is 5.97 Å². The van der Waals surface area contributed by atoms with E-state index in [1.165, 1.54) is 26.2 Å². The first kappa shape index (κ1) is 18.7. The minimum atomic E-state index is -0.933. The van der Waals surface area contributed by atoms with Crippen molar-refractivity contribution in [1.29, 1.82) is 5.26 Å². The van der Waals surface area contributed by atoms with Crippen LogP contribution in [0.4, 0.5) is 5.69 Å². The minimum Gasteiger partial charge on any atom is -0.425 e. The summed E-state index contributed by atoms with van der Waals surface area (Å²) in [5.74, 6) is -0.624. The van der Waals surface area contributed by atoms with E-state index >= 15 is 0 Å². The number of carbonyl (C=O) groups is 2. The van der Waals surface area contributed by atoms with Gasteiger partial charge in [0.2, 0.25) is 0 Å². The van der Waals surface area contributed by atoms with Gasteiger partial charge in [-0.2, -0.15) is 5.26 Å². The number of nitrogens with zero attached hydrogens (tertiary/aromatic N) is 1. The normalized spacial score (nSPS) is 12.8. The third-order valence-corrected chi connectivity index (χ3v) is 3.55. The van der Waals surface area contributed by atoms with E-state index in [0.717, 1.165) is 12.8 Å². The maximum Gasteiger partial charge on any atom is 0.308 e. The molecule has 0 fully saturated rings. The summed E-state index contributed by atoms with van der Waals surface area (Å²) in [5, 5.41) is 11.9. The fourth-order valence-electron chi connectivity index (χ4n) is 2.02. The zero-order valence-corrected chi connectivity index (χ0v) is 13.9. The van der Waals surface area contributed by atoms with Crippen LogP contribution in [0, 0.1) is 11.3 Å². The number of benzene rings is 1. The second-order valence-electron chi connectivity index (χ2n) is 5.41. The predicted octanol–water partition coefficient (Wildman–Crippen LogP) is 3.02. The number of methoxy groups -OCH3 is 1. The lowest BCUT2D eigenvalue weighted by molar-refractivity contribution is -0.136. The van der Waals surface area contributed by atoms with Gasteiger partial charge in [0.05, 0.1) is 5.56 Å². The topological polar surface area (TPSA) is 88.4 Å². The first-order valence-electron chi connectivity index (χ1n) is 7.45. The van der Waals surface area contributed by atoms with Crippen LogP contribution in [-0.4, -0.2) is 24.6 Å². The summed E-state index contributed by atoms with van der Waals surface area (Å²) < 4.78 is 10.3. The number of anilines is 1. The van der Waals surface area contributed by atoms with Crippen LogP contribution in [-0.2, 0) is 14.3 Å². The van der Waals surface area contributed by atoms with Crippen LogP contribution in [0.3, 0.4) is 0 Å². The van der Waals surface area contributed by atoms with Gasteiger partial charge in [-0.25, -0.2) is 0 Å². The van der Waals surface area contributed by atoms with Crippen molar-refractivity contribution in [3.05, 3.63) is 23.8 Å². The van der Waals surface area contributed by atoms with Crippen molar-refractivity contribution in [2.45, 2.75) is 45.6 Å². The summed E-state index contributed by atoms with van der Waals surface area (Å²) in [6, 6.07) is 6.46. The third kappa shape index (κ3) is 5.08. The highest BCUT2D eigenvalue weighted by Gasteiger charge is 2.32. The highest BCUT2D eigenvalue weighted by molar-refractivity contribution is 5.97. The Hall–Kier alpha value is -2.39. The quantitative estimate of drug-likeness (QED) is 0.616. The lowest BCUT2D eigenvalue weighted by Gasteiger charge is -2.26. The number of nitriles is 1. The van der Waals surface area contributed by atoms with E-state index in [1.54, 1.807) is 13.0 Å². The zero-order valence-electron chi connectivity index (χ0n) is 13.9. The van der Waals surface area contributed by atoms with Crippen molar-refractivity contribution in [1.82, 2.24) is 0 Å². The Labute approximate surface area is 136 Å². The lowest BCUT2D eigenvalue weighted by atomic mass is 9.97. The molecule has 0 saturated carbocycles. The third-order valence-electron chi connectivity index (χ3n) is 3.55. The predicted molar refractivity (Wildman–Crippen MR) is 86.0 cm³/mol. The molecule has 0 saturated heterocycles. The molecule has 1 aromatic carbocycles. The van der Waals surface area contributed by atoms with E-state index in [4.69, 9.17) is 14.7 Å². The maximum absolute atomic E-state index is 12.4. The van der Waals surface area contributed by atoms with Gasteiger partial charge in [-0.05, 0) is 31.5 Å². The molecule has 1 rings (SSSR count). The van der Waals surface area contributed by atoms with Crippen molar-refractivity contribution in [3.8, 4) is 11.8 Å². The van der Waals surface area contributed by atoms with Gasteiger partial charge in [0.25, 0.3) is 5.91 Å². The van der Waals surface area contributed by atoms with E-state index in [9.17, 15) is 9.59 Å². The summed E-state index contributed by atoms with van der Waals surface area (Å²) in [6.45, 7) is 5.03. The van der Waals surface area contributed by atoms with Crippen LogP contribution >= 0.6 is 0 Å². The molecule has 0 aromatic heterocycles. The van der Waals surface area contributed by atoms with Crippen molar-refractivity contribution >= 4 is 17.6 Å². The van der Waals surface area contributed by atoms with Crippen LogP contribution < -0.4 is 10.1 Å². The fourth-order valence-corrected chi connectivity index (χ4v) is 2.02. The Morgan fingerprint density at radius 1 is 1.39 bits per heavy atom. The summed E-state index contributed by atoms with van der Waals surface area (Å²) >= 11 is 0. The molecular formula is C17H22N2O4. The van der Waals surface area contributed by atoms with Gasteiger partial charge in [0.15, 0.2) is 0 Å². The first-order valence-corrected chi connectivity index (χ1v) is 7.45. The Morgan fingerprint density at radius 2 is 2.09 bits per heavy atom. The molecule has 1 amide bonds. The molecule has 0 aliphatic heterocycles. The maximum atomic E-state index is 12.4. The number of unbranched alkanes of at least 4 members (excludes halogenated alkanes) is 1. The highest BCUT2D eigenvalue weighted by Crippen LogP contribution is 2.25. The van der Waals surface area contributed by atoms with Crippen LogP contribution in [0.2, 0.25) is 0 Å². The zero-order chi connectivity index (χ0) is 17.5. The average Bonchev–Trinajstić information content (AvgIpc) is 2.53. The van der Waals surface area contributed by atoms with Gasteiger partial charge in [0.1, 0.15) is 17.4 Å². The SMILES string of the molecule is CCCC[C@](C)(OC)C(=O)Nc1ccc(OC(C)=O)c(C#N)c1. The van der Waals surface area contributed by atoms with Crippen molar-refractivity contribution in [3.63, 3.8) is 0 Å². The van der Waals surface area contributed by atoms with Gasteiger partial charge in [-0.15, -0.1) is 0 Å². The molecule has 124 valence electrons. The smallest absolute Gasteiger partial charge is 0.308 e. The summed E-state index contributed by atoms with van der Waals surface area (Å²) in [7, 11) is 1.50. The van der Waals surface area contributed by atoms with Crippen molar-refractivity contribution < 1.29 is 19.1 Å². The Kier molecular flexibility index (Phi) is 6.73. The molecular weight excluding hydrogens is 296 g/mol. The largest absolute Gasteiger partial charge is 0.425 e. The molecule has 1 N–H and O–H groups in total. The van der Waals surface area contributed by atoms with Crippen molar-refractivity contribution in [2.24, 2.45) is 0 Å². The summed E-state index contributed by atoms with van der Waals surface area (Å²) in [6.07, 6.45) is 2.43. The number of ether oxygens (including phenoxy) is 2. The number of amides is 1. The molecule has 6 heteroatoms. The summed E-state index contributed by atoms with van der Waals surface area (Å²) in [5.41, 5.74) is -0.315. The molecule has 1 aromatic rings. The van der Waals surface area contributed by atoms with E-state index in [-0.39, 0.29) is 17.2 Å². The monoisotopic (exact) mass is 318 g/mol. The Balaban J connectivity index is 2.94. The molecule has 6 nitrogen and oxygen atoms in total. The van der Waals surface area contributed by atoms with Gasteiger partial charge < -0.3 is 14.8 Å². The van der Waals surface area contributed by atoms with E-state index in [2.05, 4.69) is 5.32 Å². The second kappa shape index (κ2) is 8.30. The van der Waals surface area contributed by atoms with Gasteiger partial charge in [-0.1, -0.05) is 19.8 Å². The Bertz CT molecular complexity index is 622. The van der Waals surface area contributed by atoms with Crippen LogP contribution in [0.5, 0.6) is 5.75 Å². The van der Waals surface area contributed by atoms with E-state index in [1.807, 2.05) is 13.0 Å². The first-order chi connectivity index (χ1) is 10.9. The molecule has 1 atom stereocenters. The van der Waals surface area contributed by atoms with Crippen LogP contribution in [0.1, 0.15) is 45.6 Å². The molecule has 0 aliphatic carbocycles. The molecule has 0 heterocycles. The number of hydrogen-bond acceptors (Lipinski definition) is 5. The van der Waals surface area contributed by atoms with E-state index in [0.29, 0.717) is 12.1 Å². The van der Waals surface area contributed by atoms with Gasteiger partial charge in [-0.3, -0.25) is 9.59 Å². The number of carbonyl (C=O) groups excluding carboxylic acids is 2. The molecule has 0 radical (unpaired) electrons. The lowest BCUT2D eigenvalue weighted by Crippen LogP contribution is -2.41.